The Morgan fingerprint density at radius 3 is 2.14 bits per heavy atom. The van der Waals surface area contributed by atoms with E-state index < -0.39 is 42.1 Å². The molecule has 0 fully saturated rings. The zero-order valence-corrected chi connectivity index (χ0v) is 20.1. The normalized spacial score (nSPS) is 15.0. The summed E-state index contributed by atoms with van der Waals surface area (Å²) in [6.45, 7) is -0.193. The molecule has 1 aliphatic rings. The third-order valence-corrected chi connectivity index (χ3v) is 6.49. The number of alkyl halides is 1. The molecule has 4 rings (SSSR count). The van der Waals surface area contributed by atoms with Crippen LogP contribution >= 0.6 is 11.6 Å². The van der Waals surface area contributed by atoms with E-state index >= 15 is 4.39 Å². The number of imide groups is 1. The van der Waals surface area contributed by atoms with Gasteiger partial charge >= 0.3 is 5.97 Å². The zero-order valence-electron chi connectivity index (χ0n) is 19.3. The number of halogens is 3. The van der Waals surface area contributed by atoms with Crippen molar-refractivity contribution in [1.29, 1.82) is 0 Å². The van der Waals surface area contributed by atoms with Crippen molar-refractivity contribution < 1.29 is 33.5 Å². The van der Waals surface area contributed by atoms with Gasteiger partial charge in [-0.25, -0.2) is 13.6 Å². The summed E-state index contributed by atoms with van der Waals surface area (Å²) in [6.07, 6.45) is -1.60. The SMILES string of the molecule is O=C1c2ccccc2C(=O)N1CCCC(F)(C/C(=N\O)c1ccc(-c2ccc(Cl)cc2)c(F)c1)C(=O)O. The molecule has 1 heterocycles. The van der Waals surface area contributed by atoms with Crippen molar-refractivity contribution in [3.8, 4) is 11.1 Å². The number of hydrogen-bond acceptors (Lipinski definition) is 5. The molecule has 1 atom stereocenters. The first-order valence-electron chi connectivity index (χ1n) is 11.3. The smallest absolute Gasteiger partial charge is 0.341 e. The fraction of sp³-hybridized carbons (Fsp3) is 0.185. The van der Waals surface area contributed by atoms with Crippen molar-refractivity contribution in [2.75, 3.05) is 6.54 Å². The van der Waals surface area contributed by atoms with E-state index in [0.717, 1.165) is 11.0 Å². The maximum atomic E-state index is 15.6. The molecule has 0 saturated carbocycles. The van der Waals surface area contributed by atoms with E-state index in [0.29, 0.717) is 10.6 Å². The Balaban J connectivity index is 1.47. The summed E-state index contributed by atoms with van der Waals surface area (Å²) in [5, 5.41) is 22.6. The van der Waals surface area contributed by atoms with Crippen molar-refractivity contribution in [3.63, 3.8) is 0 Å². The number of carbonyl (C=O) groups excluding carboxylic acids is 2. The van der Waals surface area contributed by atoms with Gasteiger partial charge in [0.1, 0.15) is 5.82 Å². The number of fused-ring (bicyclic) bond motifs is 1. The van der Waals surface area contributed by atoms with Crippen LogP contribution < -0.4 is 0 Å². The Morgan fingerprint density at radius 1 is 0.973 bits per heavy atom. The highest BCUT2D eigenvalue weighted by Crippen LogP contribution is 2.30. The maximum absolute atomic E-state index is 15.6. The van der Waals surface area contributed by atoms with Crippen LogP contribution in [0.4, 0.5) is 8.78 Å². The van der Waals surface area contributed by atoms with Gasteiger partial charge in [-0.2, -0.15) is 0 Å². The number of amides is 2. The van der Waals surface area contributed by atoms with Crippen molar-refractivity contribution in [1.82, 2.24) is 4.90 Å². The first-order valence-corrected chi connectivity index (χ1v) is 11.7. The highest BCUT2D eigenvalue weighted by molar-refractivity contribution is 6.30. The van der Waals surface area contributed by atoms with Gasteiger partial charge < -0.3 is 10.3 Å². The van der Waals surface area contributed by atoms with Crippen LogP contribution in [-0.2, 0) is 4.79 Å². The molecular weight excluding hydrogens is 506 g/mol. The summed E-state index contributed by atoms with van der Waals surface area (Å²) < 4.78 is 30.4. The van der Waals surface area contributed by atoms with E-state index in [9.17, 15) is 29.1 Å². The lowest BCUT2D eigenvalue weighted by molar-refractivity contribution is -0.151. The highest BCUT2D eigenvalue weighted by atomic mass is 35.5. The molecule has 190 valence electrons. The van der Waals surface area contributed by atoms with Crippen molar-refractivity contribution in [2.24, 2.45) is 5.16 Å². The van der Waals surface area contributed by atoms with Gasteiger partial charge in [-0.1, -0.05) is 53.2 Å². The second kappa shape index (κ2) is 10.5. The van der Waals surface area contributed by atoms with Crippen LogP contribution in [0.5, 0.6) is 0 Å². The van der Waals surface area contributed by atoms with Gasteiger partial charge in [-0.15, -0.1) is 0 Å². The van der Waals surface area contributed by atoms with Crippen LogP contribution in [0, 0.1) is 5.82 Å². The molecule has 0 radical (unpaired) electrons. The van der Waals surface area contributed by atoms with Crippen LogP contribution in [-0.4, -0.2) is 50.9 Å². The fourth-order valence-corrected chi connectivity index (χ4v) is 4.38. The van der Waals surface area contributed by atoms with Gasteiger partial charge in [-0.05, 0) is 48.7 Å². The predicted octanol–water partition coefficient (Wildman–Crippen LogP) is 5.58. The third kappa shape index (κ3) is 5.22. The Morgan fingerprint density at radius 2 is 1.59 bits per heavy atom. The zero-order chi connectivity index (χ0) is 26.7. The lowest BCUT2D eigenvalue weighted by atomic mass is 9.90. The number of hydrogen-bond donors (Lipinski definition) is 2. The molecule has 37 heavy (non-hydrogen) atoms. The minimum Gasteiger partial charge on any atom is -0.479 e. The van der Waals surface area contributed by atoms with Crippen LogP contribution in [0.1, 0.15) is 45.5 Å². The summed E-state index contributed by atoms with van der Waals surface area (Å²) in [7, 11) is 0. The van der Waals surface area contributed by atoms with E-state index in [4.69, 9.17) is 11.6 Å². The monoisotopic (exact) mass is 526 g/mol. The number of aliphatic carboxylic acids is 1. The summed E-state index contributed by atoms with van der Waals surface area (Å²) in [5.41, 5.74) is -2.04. The van der Waals surface area contributed by atoms with Gasteiger partial charge in [-0.3, -0.25) is 14.5 Å². The van der Waals surface area contributed by atoms with E-state index in [1.165, 1.54) is 24.3 Å². The molecule has 10 heteroatoms. The largest absolute Gasteiger partial charge is 0.479 e. The molecule has 3 aromatic rings. The van der Waals surface area contributed by atoms with Crippen LogP contribution in [0.2, 0.25) is 5.02 Å². The van der Waals surface area contributed by atoms with E-state index in [1.807, 2.05) is 0 Å². The Hall–Kier alpha value is -4.11. The lowest BCUT2D eigenvalue weighted by Crippen LogP contribution is -2.38. The average molecular weight is 527 g/mol. The van der Waals surface area contributed by atoms with Crippen LogP contribution in [0.3, 0.4) is 0 Å². The molecule has 0 bridgehead atoms. The van der Waals surface area contributed by atoms with E-state index in [-0.39, 0.29) is 40.9 Å². The number of rotatable bonds is 9. The van der Waals surface area contributed by atoms with Crippen LogP contribution in [0.15, 0.2) is 71.9 Å². The van der Waals surface area contributed by atoms with Gasteiger partial charge in [0, 0.05) is 29.1 Å². The molecule has 0 spiro atoms. The number of carbonyl (C=O) groups is 3. The Kier molecular flexibility index (Phi) is 7.35. The molecule has 3 aromatic carbocycles. The van der Waals surface area contributed by atoms with Gasteiger partial charge in [0.15, 0.2) is 0 Å². The number of carboxylic acids is 1. The molecule has 0 aliphatic carbocycles. The van der Waals surface area contributed by atoms with Crippen molar-refractivity contribution >= 4 is 35.1 Å². The molecule has 2 N–H and O–H groups in total. The summed E-state index contributed by atoms with van der Waals surface area (Å²) in [6, 6.07) is 16.5. The first kappa shape index (κ1) is 26.0. The molecule has 1 aliphatic heterocycles. The van der Waals surface area contributed by atoms with Crippen LogP contribution in [0.25, 0.3) is 11.1 Å². The molecule has 0 aromatic heterocycles. The average Bonchev–Trinajstić information content (AvgIpc) is 3.13. The minimum absolute atomic E-state index is 0.00124. The van der Waals surface area contributed by atoms with Crippen molar-refractivity contribution in [3.05, 3.63) is 94.3 Å². The number of oxime groups is 1. The van der Waals surface area contributed by atoms with Gasteiger partial charge in [0.05, 0.1) is 16.8 Å². The standard InChI is InChI=1S/C27H21ClF2N2O5/c28-18-9-6-16(7-10-18)19-11-8-17(14-22(19)29)23(31-37)15-27(30,26(35)36)12-3-13-32-24(33)20-4-1-2-5-21(20)25(32)34/h1-2,4-11,14,37H,3,12-13,15H2,(H,35,36)/b31-23+. The molecule has 7 nitrogen and oxygen atoms in total. The first-order chi connectivity index (χ1) is 17.6. The van der Waals surface area contributed by atoms with E-state index in [2.05, 4.69) is 5.16 Å². The van der Waals surface area contributed by atoms with Crippen molar-refractivity contribution in [2.45, 2.75) is 24.9 Å². The summed E-state index contributed by atoms with van der Waals surface area (Å²) in [4.78, 5) is 37.7. The quantitative estimate of drug-likeness (QED) is 0.164. The molecular formula is C27H21ClF2N2O5. The Bertz CT molecular complexity index is 1380. The number of nitrogens with zero attached hydrogens (tertiary/aromatic N) is 2. The summed E-state index contributed by atoms with van der Waals surface area (Å²) >= 11 is 5.86. The second-order valence-electron chi connectivity index (χ2n) is 8.61. The Labute approximate surface area is 215 Å². The molecule has 1 unspecified atom stereocenters. The van der Waals surface area contributed by atoms with Gasteiger partial charge in [0.2, 0.25) is 5.67 Å². The maximum Gasteiger partial charge on any atom is 0.341 e. The second-order valence-corrected chi connectivity index (χ2v) is 9.04. The lowest BCUT2D eigenvalue weighted by Gasteiger charge is -2.22. The number of carboxylic acid groups (broad SMARTS) is 1. The third-order valence-electron chi connectivity index (χ3n) is 6.24. The fourth-order valence-electron chi connectivity index (χ4n) is 4.25. The minimum atomic E-state index is -2.90. The predicted molar refractivity (Wildman–Crippen MR) is 132 cm³/mol. The molecule has 0 saturated heterocycles. The molecule has 2 amide bonds. The number of benzene rings is 3. The highest BCUT2D eigenvalue weighted by Gasteiger charge is 2.41. The van der Waals surface area contributed by atoms with E-state index in [1.54, 1.807) is 36.4 Å². The summed E-state index contributed by atoms with van der Waals surface area (Å²) in [5.74, 6) is -3.57. The topological polar surface area (TPSA) is 107 Å². The van der Waals surface area contributed by atoms with Gasteiger partial charge in [0.25, 0.3) is 11.8 Å².